The zero-order valence-electron chi connectivity index (χ0n) is 15.6. The largest absolute Gasteiger partial charge is 0.425 e. The van der Waals surface area contributed by atoms with Crippen LogP contribution in [0.25, 0.3) is 0 Å². The average molecular weight is 363 g/mol. The van der Waals surface area contributed by atoms with Crippen molar-refractivity contribution >= 4 is 29.2 Å². The molecule has 26 heavy (non-hydrogen) atoms. The van der Waals surface area contributed by atoms with Gasteiger partial charge in [0, 0.05) is 11.8 Å². The number of para-hydroxylation sites is 2. The Hall–Kier alpha value is -2.81. The van der Waals surface area contributed by atoms with Crippen LogP contribution in [0.3, 0.4) is 0 Å². The highest BCUT2D eigenvalue weighted by molar-refractivity contribution is 6.03. The van der Waals surface area contributed by atoms with E-state index in [2.05, 4.69) is 16.0 Å². The summed E-state index contributed by atoms with van der Waals surface area (Å²) in [6.07, 6.45) is 0. The van der Waals surface area contributed by atoms with Crippen LogP contribution in [0.4, 0.5) is 16.2 Å². The molecule has 1 heterocycles. The van der Waals surface area contributed by atoms with E-state index in [0.29, 0.717) is 16.1 Å². The standard InChI is InChI=1S/C17H23N5O4/c1-11-14(23)20-17(2,3)15(24)18-12-8-6-7-9-13(12)19-16(25)22(4,5)10-21(11)26/h6-9,11H,10H2,1-5H3,(H-2,18,19,20,23,24,25)/p+2. The first-order chi connectivity index (χ1) is 11.9. The van der Waals surface area contributed by atoms with Crippen LogP contribution in [0.15, 0.2) is 24.3 Å². The molecule has 1 unspecified atom stereocenters. The third-order valence-corrected chi connectivity index (χ3v) is 4.27. The molecule has 9 nitrogen and oxygen atoms in total. The zero-order valence-corrected chi connectivity index (χ0v) is 15.6. The van der Waals surface area contributed by atoms with E-state index in [1.807, 2.05) is 0 Å². The first-order valence-electron chi connectivity index (χ1n) is 8.25. The number of nitroso groups, excluding NO2 is 1. The lowest BCUT2D eigenvalue weighted by molar-refractivity contribution is -0.909. The minimum Gasteiger partial charge on any atom is -0.336 e. The van der Waals surface area contributed by atoms with Crippen molar-refractivity contribution in [3.05, 3.63) is 29.2 Å². The van der Waals surface area contributed by atoms with E-state index in [0.717, 1.165) is 0 Å². The van der Waals surface area contributed by atoms with Crippen molar-refractivity contribution in [1.29, 1.82) is 0 Å². The fourth-order valence-electron chi connectivity index (χ4n) is 2.38. The third kappa shape index (κ3) is 4.05. The van der Waals surface area contributed by atoms with Gasteiger partial charge in [-0.2, -0.15) is 4.48 Å². The van der Waals surface area contributed by atoms with Gasteiger partial charge in [-0.15, -0.1) is 0 Å². The summed E-state index contributed by atoms with van der Waals surface area (Å²) in [4.78, 5) is 50.0. The number of anilines is 2. The van der Waals surface area contributed by atoms with Crippen molar-refractivity contribution in [2.45, 2.75) is 32.4 Å². The summed E-state index contributed by atoms with van der Waals surface area (Å²) in [7, 11) is 3.13. The number of carbonyl (C=O) groups excluding carboxylic acids is 3. The van der Waals surface area contributed by atoms with Crippen molar-refractivity contribution in [2.75, 3.05) is 31.4 Å². The molecule has 3 N–H and O–H groups in total. The Balaban J connectivity index is 2.49. The molecule has 1 aromatic rings. The van der Waals surface area contributed by atoms with Gasteiger partial charge in [-0.25, -0.2) is 4.79 Å². The van der Waals surface area contributed by atoms with Crippen molar-refractivity contribution in [3.63, 3.8) is 0 Å². The topological polar surface area (TPSA) is 107 Å². The quantitative estimate of drug-likeness (QED) is 0.476. The molecule has 0 aromatic heterocycles. The summed E-state index contributed by atoms with van der Waals surface area (Å²) in [5.74, 6) is -1.06. The Morgan fingerprint density at radius 1 is 1.08 bits per heavy atom. The lowest BCUT2D eigenvalue weighted by Crippen LogP contribution is -2.58. The third-order valence-electron chi connectivity index (χ3n) is 4.27. The van der Waals surface area contributed by atoms with Gasteiger partial charge in [-0.05, 0) is 26.0 Å². The number of urea groups is 1. The Morgan fingerprint density at radius 3 is 2.19 bits per heavy atom. The van der Waals surface area contributed by atoms with E-state index in [1.54, 1.807) is 52.2 Å². The van der Waals surface area contributed by atoms with Gasteiger partial charge in [-0.1, -0.05) is 12.1 Å². The fourth-order valence-corrected chi connectivity index (χ4v) is 2.38. The number of fused-ring (bicyclic) bond motifs is 1. The van der Waals surface area contributed by atoms with Crippen molar-refractivity contribution in [3.8, 4) is 0 Å². The highest BCUT2D eigenvalue weighted by atomic mass is 16.3. The molecule has 1 aromatic carbocycles. The number of benzene rings is 1. The summed E-state index contributed by atoms with van der Waals surface area (Å²) >= 11 is 0. The number of quaternary nitrogens is 1. The van der Waals surface area contributed by atoms with E-state index in [1.165, 1.54) is 6.92 Å². The van der Waals surface area contributed by atoms with Crippen LogP contribution in [0.2, 0.25) is 0 Å². The molecule has 0 fully saturated rings. The molecule has 0 radical (unpaired) electrons. The van der Waals surface area contributed by atoms with Crippen molar-refractivity contribution in [2.24, 2.45) is 0 Å². The van der Waals surface area contributed by atoms with Gasteiger partial charge in [0.15, 0.2) is 0 Å². The van der Waals surface area contributed by atoms with Crippen molar-refractivity contribution < 1.29 is 23.6 Å². The number of amides is 4. The number of hydrogen-bond acceptors (Lipinski definition) is 4. The van der Waals surface area contributed by atoms with Gasteiger partial charge in [0.2, 0.25) is 5.91 Å². The van der Waals surface area contributed by atoms with Gasteiger partial charge in [0.25, 0.3) is 11.9 Å². The number of carbonyl (C=O) groups is 3. The van der Waals surface area contributed by atoms with Gasteiger partial charge in [-0.3, -0.25) is 14.9 Å². The summed E-state index contributed by atoms with van der Waals surface area (Å²) in [5.41, 5.74) is -0.440. The Morgan fingerprint density at radius 2 is 1.62 bits per heavy atom. The minimum atomic E-state index is -1.25. The smallest absolute Gasteiger partial charge is 0.336 e. The summed E-state index contributed by atoms with van der Waals surface area (Å²) in [6, 6.07) is 5.23. The van der Waals surface area contributed by atoms with Crippen LogP contribution < -0.4 is 16.0 Å². The van der Waals surface area contributed by atoms with Crippen LogP contribution in [0.1, 0.15) is 20.8 Å². The summed E-state index contributed by atoms with van der Waals surface area (Å²) in [6.45, 7) is 4.29. The number of hydrogen-bond donors (Lipinski definition) is 3. The van der Waals surface area contributed by atoms with Gasteiger partial charge in [0.1, 0.15) is 5.54 Å². The van der Waals surface area contributed by atoms with E-state index < -0.39 is 29.4 Å². The molecule has 0 saturated carbocycles. The zero-order chi connectivity index (χ0) is 19.7. The maximum absolute atomic E-state index is 12.6. The maximum atomic E-state index is 12.6. The van der Waals surface area contributed by atoms with Crippen molar-refractivity contribution in [1.82, 2.24) is 5.32 Å². The fraction of sp³-hybridized carbons (Fsp3) is 0.471. The predicted octanol–water partition coefficient (Wildman–Crippen LogP) is 1.27. The number of nitrogens with one attached hydrogen (secondary N) is 3. The summed E-state index contributed by atoms with van der Waals surface area (Å²) in [5, 5.41) is 8.04. The Labute approximate surface area is 151 Å². The van der Waals surface area contributed by atoms with Gasteiger partial charge < -0.3 is 10.6 Å². The minimum absolute atomic E-state index is 0.232. The first kappa shape index (κ1) is 19.5. The molecular weight excluding hydrogens is 338 g/mol. The monoisotopic (exact) mass is 363 g/mol. The maximum Gasteiger partial charge on any atom is 0.425 e. The lowest BCUT2D eigenvalue weighted by Gasteiger charge is -2.25. The second-order valence-electron chi connectivity index (χ2n) is 7.46. The SMILES string of the molecule is CC1C(=O)NC(C)(C)C(=O)Nc2ccccc2NC(=O)[N+](C)(C)C[N+]1=O. The second kappa shape index (κ2) is 6.83. The Bertz CT molecular complexity index is 709. The lowest BCUT2D eigenvalue weighted by atomic mass is 10.0. The van der Waals surface area contributed by atoms with E-state index in [4.69, 9.17) is 0 Å². The van der Waals surface area contributed by atoms with E-state index in [9.17, 15) is 19.3 Å². The van der Waals surface area contributed by atoms with Crippen LogP contribution in [0, 0.1) is 4.91 Å². The van der Waals surface area contributed by atoms with Crippen LogP contribution in [0.5, 0.6) is 0 Å². The van der Waals surface area contributed by atoms with E-state index >= 15 is 0 Å². The molecular formula is C17H25N5O4+2. The van der Waals surface area contributed by atoms with Crippen LogP contribution in [-0.2, 0) is 9.59 Å². The molecule has 0 aliphatic carbocycles. The van der Waals surface area contributed by atoms with Gasteiger partial charge in [0.05, 0.1) is 30.2 Å². The van der Waals surface area contributed by atoms with Crippen LogP contribution >= 0.6 is 0 Å². The first-order valence-corrected chi connectivity index (χ1v) is 8.25. The summed E-state index contributed by atoms with van der Waals surface area (Å²) < 4.78 is 0.222. The Kier molecular flexibility index (Phi) is 5.13. The predicted molar refractivity (Wildman–Crippen MR) is 96.4 cm³/mol. The molecule has 1 aliphatic heterocycles. The molecule has 1 aliphatic rings. The molecule has 2 rings (SSSR count). The molecule has 140 valence electrons. The van der Waals surface area contributed by atoms with Crippen LogP contribution in [-0.4, -0.2) is 59.4 Å². The molecule has 4 amide bonds. The molecule has 1 atom stereocenters. The average Bonchev–Trinajstić information content (AvgIpc) is 2.54. The number of nitrogens with zero attached hydrogens (tertiary/aromatic N) is 2. The molecule has 0 spiro atoms. The highest BCUT2D eigenvalue weighted by Crippen LogP contribution is 2.23. The molecule has 0 bridgehead atoms. The normalized spacial score (nSPS) is 23.3. The molecule has 9 heteroatoms. The van der Waals surface area contributed by atoms with Gasteiger partial charge >= 0.3 is 12.7 Å². The number of rotatable bonds is 0. The highest BCUT2D eigenvalue weighted by Gasteiger charge is 2.42. The van der Waals surface area contributed by atoms with E-state index in [-0.39, 0.29) is 11.2 Å². The second-order valence-corrected chi connectivity index (χ2v) is 7.46. The molecule has 0 saturated heterocycles.